The van der Waals surface area contributed by atoms with Crippen molar-refractivity contribution in [3.63, 3.8) is 0 Å². The molecule has 0 amide bonds. The van der Waals surface area contributed by atoms with Gasteiger partial charge in [-0.2, -0.15) is 0 Å². The van der Waals surface area contributed by atoms with Crippen LogP contribution < -0.4 is 0 Å². The highest BCUT2D eigenvalue weighted by atomic mass is 19.1. The standard InChI is InChI=1S/C31H34FN/c1-23-8-2-4-11-28(23)30-13-6-10-26-9-3-5-12-29(26)31(30)27-16-14-24(15-17-27)20-25-21-33(22-25)19-7-18-32/h2-5,8-9,11-12,14-17,25H,6-7,10,13,18-22H2,1H3. The van der Waals surface area contributed by atoms with Crippen LogP contribution in [0.15, 0.2) is 72.8 Å². The van der Waals surface area contributed by atoms with E-state index in [0.29, 0.717) is 12.3 Å². The average molecular weight is 440 g/mol. The highest BCUT2D eigenvalue weighted by Crippen LogP contribution is 2.40. The van der Waals surface area contributed by atoms with Crippen LogP contribution in [-0.2, 0) is 12.8 Å². The lowest BCUT2D eigenvalue weighted by atomic mass is 9.85. The zero-order chi connectivity index (χ0) is 22.6. The average Bonchev–Trinajstić information content (AvgIpc) is 3.01. The van der Waals surface area contributed by atoms with E-state index in [-0.39, 0.29) is 6.67 Å². The summed E-state index contributed by atoms with van der Waals surface area (Å²) in [7, 11) is 0. The first kappa shape index (κ1) is 22.1. The second kappa shape index (κ2) is 10.1. The Morgan fingerprint density at radius 1 is 0.848 bits per heavy atom. The highest BCUT2D eigenvalue weighted by molar-refractivity contribution is 6.00. The third-order valence-corrected chi connectivity index (χ3v) is 7.34. The number of alkyl halides is 1. The van der Waals surface area contributed by atoms with Crippen LogP contribution in [0, 0.1) is 12.8 Å². The lowest BCUT2D eigenvalue weighted by molar-refractivity contribution is 0.0968. The summed E-state index contributed by atoms with van der Waals surface area (Å²) >= 11 is 0. The topological polar surface area (TPSA) is 3.24 Å². The van der Waals surface area contributed by atoms with E-state index in [2.05, 4.69) is 84.6 Å². The number of likely N-dealkylation sites (tertiary alicyclic amines) is 1. The Balaban J connectivity index is 1.45. The number of allylic oxidation sites excluding steroid dienone is 1. The monoisotopic (exact) mass is 439 g/mol. The van der Waals surface area contributed by atoms with Gasteiger partial charge in [0.1, 0.15) is 0 Å². The van der Waals surface area contributed by atoms with E-state index in [4.69, 9.17) is 0 Å². The van der Waals surface area contributed by atoms with E-state index in [1.54, 1.807) is 0 Å². The van der Waals surface area contributed by atoms with Crippen LogP contribution in [0.1, 0.15) is 52.6 Å². The number of nitrogens with zero attached hydrogens (tertiary/aromatic N) is 1. The maximum atomic E-state index is 12.4. The van der Waals surface area contributed by atoms with Crippen molar-refractivity contribution in [3.8, 4) is 0 Å². The second-order valence-corrected chi connectivity index (χ2v) is 9.75. The lowest BCUT2D eigenvalue weighted by Crippen LogP contribution is -2.47. The van der Waals surface area contributed by atoms with E-state index >= 15 is 0 Å². The molecule has 1 saturated heterocycles. The van der Waals surface area contributed by atoms with Gasteiger partial charge in [0.2, 0.25) is 0 Å². The van der Waals surface area contributed by atoms with Crippen LogP contribution in [0.5, 0.6) is 0 Å². The molecule has 0 radical (unpaired) electrons. The molecule has 0 bridgehead atoms. The molecule has 0 saturated carbocycles. The summed E-state index contributed by atoms with van der Waals surface area (Å²) in [5, 5.41) is 0. The number of aryl methyl sites for hydroxylation is 2. The zero-order valence-corrected chi connectivity index (χ0v) is 19.7. The van der Waals surface area contributed by atoms with Crippen molar-refractivity contribution >= 4 is 11.1 Å². The maximum absolute atomic E-state index is 12.4. The molecule has 3 aromatic rings. The molecule has 0 unspecified atom stereocenters. The molecule has 0 N–H and O–H groups in total. The predicted molar refractivity (Wildman–Crippen MR) is 137 cm³/mol. The first-order valence-corrected chi connectivity index (χ1v) is 12.5. The zero-order valence-electron chi connectivity index (χ0n) is 19.7. The molecule has 3 aromatic carbocycles. The molecule has 5 rings (SSSR count). The lowest BCUT2D eigenvalue weighted by Gasteiger charge is -2.39. The molecule has 1 aliphatic heterocycles. The Morgan fingerprint density at radius 2 is 1.58 bits per heavy atom. The van der Waals surface area contributed by atoms with Crippen molar-refractivity contribution in [2.45, 2.75) is 39.0 Å². The van der Waals surface area contributed by atoms with Gasteiger partial charge in [0.15, 0.2) is 0 Å². The summed E-state index contributed by atoms with van der Waals surface area (Å²) < 4.78 is 12.4. The third-order valence-electron chi connectivity index (χ3n) is 7.34. The summed E-state index contributed by atoms with van der Waals surface area (Å²) in [4.78, 5) is 2.38. The van der Waals surface area contributed by atoms with Gasteiger partial charge in [-0.25, -0.2) is 0 Å². The minimum absolute atomic E-state index is 0.202. The number of fused-ring (bicyclic) bond motifs is 1. The summed E-state index contributed by atoms with van der Waals surface area (Å²) in [5.41, 5.74) is 11.2. The molecule has 0 aromatic heterocycles. The Labute approximate surface area is 198 Å². The Kier molecular flexibility index (Phi) is 6.73. The number of halogens is 1. The Morgan fingerprint density at radius 3 is 2.33 bits per heavy atom. The quantitative estimate of drug-likeness (QED) is 0.379. The van der Waals surface area contributed by atoms with Gasteiger partial charge in [-0.1, -0.05) is 72.8 Å². The van der Waals surface area contributed by atoms with Crippen molar-refractivity contribution < 1.29 is 4.39 Å². The van der Waals surface area contributed by atoms with E-state index in [9.17, 15) is 4.39 Å². The summed E-state index contributed by atoms with van der Waals surface area (Å²) in [6.07, 6.45) is 5.21. The molecular formula is C31H34FN. The fraction of sp³-hybridized carbons (Fsp3) is 0.355. The first-order chi connectivity index (χ1) is 16.2. The van der Waals surface area contributed by atoms with Gasteiger partial charge in [0, 0.05) is 19.6 Å². The van der Waals surface area contributed by atoms with Crippen LogP contribution in [0.4, 0.5) is 4.39 Å². The van der Waals surface area contributed by atoms with Crippen molar-refractivity contribution in [1.29, 1.82) is 0 Å². The van der Waals surface area contributed by atoms with Crippen LogP contribution in [0.25, 0.3) is 11.1 Å². The number of benzene rings is 3. The number of hydrogen-bond acceptors (Lipinski definition) is 1. The molecule has 2 heteroatoms. The highest BCUT2D eigenvalue weighted by Gasteiger charge is 2.26. The molecule has 1 aliphatic carbocycles. The van der Waals surface area contributed by atoms with Crippen molar-refractivity contribution in [3.05, 3.63) is 106 Å². The van der Waals surface area contributed by atoms with E-state index in [1.165, 1.54) is 50.9 Å². The van der Waals surface area contributed by atoms with Gasteiger partial charge in [-0.3, -0.25) is 4.39 Å². The minimum atomic E-state index is -0.202. The third kappa shape index (κ3) is 4.82. The Hall–Kier alpha value is -2.71. The molecule has 0 atom stereocenters. The number of rotatable bonds is 7. The molecular weight excluding hydrogens is 405 g/mol. The molecule has 1 fully saturated rings. The van der Waals surface area contributed by atoms with Crippen LogP contribution in [0.3, 0.4) is 0 Å². The second-order valence-electron chi connectivity index (χ2n) is 9.75. The fourth-order valence-corrected chi connectivity index (χ4v) is 5.65. The van der Waals surface area contributed by atoms with Crippen molar-refractivity contribution in [2.24, 2.45) is 5.92 Å². The summed E-state index contributed by atoms with van der Waals surface area (Å²) in [6, 6.07) is 27.1. The van der Waals surface area contributed by atoms with Gasteiger partial charge in [-0.15, -0.1) is 0 Å². The smallest absolute Gasteiger partial charge is 0.0906 e. The molecule has 170 valence electrons. The Bertz CT molecular complexity index is 1120. The van der Waals surface area contributed by atoms with Gasteiger partial charge in [0.25, 0.3) is 0 Å². The van der Waals surface area contributed by atoms with Crippen molar-refractivity contribution in [2.75, 3.05) is 26.3 Å². The van der Waals surface area contributed by atoms with E-state index < -0.39 is 0 Å². The fourth-order valence-electron chi connectivity index (χ4n) is 5.65. The molecule has 1 nitrogen and oxygen atoms in total. The van der Waals surface area contributed by atoms with E-state index in [0.717, 1.165) is 38.9 Å². The van der Waals surface area contributed by atoms with Crippen LogP contribution in [0.2, 0.25) is 0 Å². The van der Waals surface area contributed by atoms with Crippen molar-refractivity contribution in [1.82, 2.24) is 4.90 Å². The summed E-state index contributed by atoms with van der Waals surface area (Å²) in [5.74, 6) is 0.704. The predicted octanol–water partition coefficient (Wildman–Crippen LogP) is 7.12. The number of hydrogen-bond donors (Lipinski definition) is 0. The van der Waals surface area contributed by atoms with Gasteiger partial charge >= 0.3 is 0 Å². The van der Waals surface area contributed by atoms with Crippen LogP contribution >= 0.6 is 0 Å². The van der Waals surface area contributed by atoms with Gasteiger partial charge in [-0.05, 0) is 89.5 Å². The van der Waals surface area contributed by atoms with Gasteiger partial charge in [0.05, 0.1) is 6.67 Å². The molecule has 2 aliphatic rings. The largest absolute Gasteiger partial charge is 0.303 e. The SMILES string of the molecule is Cc1ccccc1C1=C(c2ccc(CC3CN(CCCF)C3)cc2)c2ccccc2CCC1. The summed E-state index contributed by atoms with van der Waals surface area (Å²) in [6.45, 7) is 5.15. The molecule has 33 heavy (non-hydrogen) atoms. The van der Waals surface area contributed by atoms with Gasteiger partial charge < -0.3 is 4.90 Å². The normalized spacial score (nSPS) is 16.9. The maximum Gasteiger partial charge on any atom is 0.0906 e. The molecule has 1 heterocycles. The molecule has 0 spiro atoms. The van der Waals surface area contributed by atoms with Crippen LogP contribution in [-0.4, -0.2) is 31.2 Å². The first-order valence-electron chi connectivity index (χ1n) is 12.5. The van der Waals surface area contributed by atoms with E-state index in [1.807, 2.05) is 0 Å². The minimum Gasteiger partial charge on any atom is -0.303 e.